The zero-order valence-electron chi connectivity index (χ0n) is 5.97. The number of alkyl halides is 2. The minimum Gasteiger partial charge on any atom is -0.466 e. The van der Waals surface area contributed by atoms with Crippen molar-refractivity contribution in [2.24, 2.45) is 0 Å². The highest BCUT2D eigenvalue weighted by Gasteiger charge is 2.15. The number of hydrogen-bond donors (Lipinski definition) is 0. The van der Waals surface area contributed by atoms with E-state index in [1.807, 2.05) is 0 Å². The Balaban J connectivity index is 3.67. The molecule has 0 N–H and O–H groups in total. The number of Topliss-reactive ketones (excluding diaryl/α,β-unsaturated/α-hetero) is 1. The van der Waals surface area contributed by atoms with Crippen LogP contribution in [0.15, 0.2) is 0 Å². The molecule has 64 valence electrons. The van der Waals surface area contributed by atoms with Gasteiger partial charge in [0.05, 0.1) is 6.61 Å². The fourth-order valence-electron chi connectivity index (χ4n) is 0.431. The van der Waals surface area contributed by atoms with Gasteiger partial charge in [-0.25, -0.2) is 0 Å². The Kier molecular flexibility index (Phi) is 5.76. The number of carbonyl (C=O) groups excluding carboxylic acids is 2. The number of ketones is 1. The van der Waals surface area contributed by atoms with Crippen LogP contribution in [0.3, 0.4) is 0 Å². The van der Waals surface area contributed by atoms with Gasteiger partial charge in [-0.15, -0.1) is 0 Å². The van der Waals surface area contributed by atoms with Gasteiger partial charge in [-0.3, -0.25) is 9.59 Å². The Morgan fingerprint density at radius 1 is 1.45 bits per heavy atom. The molecule has 0 aliphatic rings. The van der Waals surface area contributed by atoms with E-state index in [1.165, 1.54) is 0 Å². The summed E-state index contributed by atoms with van der Waals surface area (Å²) in [6.07, 6.45) is -0.186. The van der Waals surface area contributed by atoms with Crippen LogP contribution in [-0.2, 0) is 14.3 Å². The first-order chi connectivity index (χ1) is 5.07. The maximum Gasteiger partial charge on any atom is 0.313 e. The summed E-state index contributed by atoms with van der Waals surface area (Å²) in [5, 5.41) is 0. The molecule has 0 aliphatic carbocycles. The van der Waals surface area contributed by atoms with Crippen LogP contribution in [0, 0.1) is 0 Å². The molecule has 0 atom stereocenters. The first-order valence-corrected chi connectivity index (χ1v) is 4.87. The second-order valence-corrected chi connectivity index (χ2v) is 4.81. The van der Waals surface area contributed by atoms with E-state index in [2.05, 4.69) is 36.6 Å². The average Bonchev–Trinajstić information content (AvgIpc) is 1.87. The Hall–Kier alpha value is 0.1000. The van der Waals surface area contributed by atoms with Gasteiger partial charge < -0.3 is 4.74 Å². The van der Waals surface area contributed by atoms with Crippen LogP contribution < -0.4 is 0 Å². The van der Waals surface area contributed by atoms with Crippen LogP contribution in [0.2, 0.25) is 0 Å². The summed E-state index contributed by atoms with van der Waals surface area (Å²) in [7, 11) is 0. The van der Waals surface area contributed by atoms with Crippen molar-refractivity contribution in [1.82, 2.24) is 0 Å². The van der Waals surface area contributed by atoms with Gasteiger partial charge in [0.2, 0.25) is 0 Å². The molecule has 0 radical (unpaired) electrons. The van der Waals surface area contributed by atoms with Crippen molar-refractivity contribution in [3.8, 4) is 0 Å². The first kappa shape index (κ1) is 11.1. The second kappa shape index (κ2) is 5.71. The summed E-state index contributed by atoms with van der Waals surface area (Å²) in [6, 6.07) is 0. The van der Waals surface area contributed by atoms with Gasteiger partial charge in [-0.05, 0) is 6.92 Å². The Morgan fingerprint density at radius 3 is 2.36 bits per heavy atom. The molecule has 0 bridgehead atoms. The predicted molar refractivity (Wildman–Crippen MR) is 47.9 cm³/mol. The van der Waals surface area contributed by atoms with E-state index in [9.17, 15) is 9.59 Å². The van der Waals surface area contributed by atoms with Crippen molar-refractivity contribution >= 4 is 43.6 Å². The highest BCUT2D eigenvalue weighted by Crippen LogP contribution is 2.11. The summed E-state index contributed by atoms with van der Waals surface area (Å²) in [5.74, 6) is -0.718. The normalized spacial score (nSPS) is 9.82. The van der Waals surface area contributed by atoms with E-state index in [-0.39, 0.29) is 12.2 Å². The Labute approximate surface area is 81.7 Å². The van der Waals surface area contributed by atoms with Crippen LogP contribution in [-0.4, -0.2) is 22.1 Å². The summed E-state index contributed by atoms with van der Waals surface area (Å²) in [4.78, 5) is 21.5. The highest BCUT2D eigenvalue weighted by atomic mass is 79.9. The maximum absolute atomic E-state index is 10.8. The number of esters is 1. The number of rotatable bonds is 4. The fourth-order valence-corrected chi connectivity index (χ4v) is 0.755. The van der Waals surface area contributed by atoms with Crippen molar-refractivity contribution in [3.05, 3.63) is 0 Å². The van der Waals surface area contributed by atoms with Gasteiger partial charge in [-0.2, -0.15) is 0 Å². The van der Waals surface area contributed by atoms with Crippen LogP contribution in [0.25, 0.3) is 0 Å². The number of carbonyl (C=O) groups is 2. The van der Waals surface area contributed by atoms with Gasteiger partial charge in [0.1, 0.15) is 10.2 Å². The van der Waals surface area contributed by atoms with Gasteiger partial charge in [0.25, 0.3) is 0 Å². The van der Waals surface area contributed by atoms with E-state index >= 15 is 0 Å². The van der Waals surface area contributed by atoms with Crippen LogP contribution >= 0.6 is 31.9 Å². The van der Waals surface area contributed by atoms with E-state index in [0.717, 1.165) is 0 Å². The zero-order valence-corrected chi connectivity index (χ0v) is 9.14. The standard InChI is InChI=1S/C6H8Br2O3/c1-2-11-5(10)3-4(9)6(7)8/h6H,2-3H2,1H3. The van der Waals surface area contributed by atoms with E-state index in [0.29, 0.717) is 6.61 Å². The lowest BCUT2D eigenvalue weighted by molar-refractivity contribution is -0.145. The average molecular weight is 288 g/mol. The molecule has 0 aromatic heterocycles. The SMILES string of the molecule is CCOC(=O)CC(=O)C(Br)Br. The molecule has 0 unspecified atom stereocenters. The molecule has 0 spiro atoms. The molecule has 3 nitrogen and oxygen atoms in total. The third-order valence-corrected chi connectivity index (χ3v) is 1.89. The molecule has 11 heavy (non-hydrogen) atoms. The number of halogens is 2. The lowest BCUT2D eigenvalue weighted by atomic mass is 10.3. The Bertz CT molecular complexity index is 156. The quantitative estimate of drug-likeness (QED) is 0.448. The van der Waals surface area contributed by atoms with E-state index in [1.54, 1.807) is 6.92 Å². The predicted octanol–water partition coefficient (Wildman–Crippen LogP) is 1.62. The molecule has 0 heterocycles. The molecule has 0 aromatic rings. The fraction of sp³-hybridized carbons (Fsp3) is 0.667. The first-order valence-electron chi connectivity index (χ1n) is 3.04. The summed E-state index contributed by atoms with van der Waals surface area (Å²) < 4.78 is 4.10. The van der Waals surface area contributed by atoms with Gasteiger partial charge in [-0.1, -0.05) is 31.9 Å². The summed E-state index contributed by atoms with van der Waals surface area (Å²) in [6.45, 7) is 2.00. The summed E-state index contributed by atoms with van der Waals surface area (Å²) >= 11 is 5.96. The number of ether oxygens (including phenoxy) is 1. The third-order valence-electron chi connectivity index (χ3n) is 0.867. The molecular weight excluding hydrogens is 280 g/mol. The van der Waals surface area contributed by atoms with Crippen molar-refractivity contribution in [2.45, 2.75) is 17.1 Å². The van der Waals surface area contributed by atoms with Gasteiger partial charge >= 0.3 is 5.97 Å². The second-order valence-electron chi connectivity index (χ2n) is 1.75. The molecule has 0 aromatic carbocycles. The topological polar surface area (TPSA) is 43.4 Å². The molecule has 0 fully saturated rings. The highest BCUT2D eigenvalue weighted by molar-refractivity contribution is 9.25. The molecule has 0 amide bonds. The van der Waals surface area contributed by atoms with Gasteiger partial charge in [0, 0.05) is 0 Å². The molecule has 5 heteroatoms. The number of hydrogen-bond acceptors (Lipinski definition) is 3. The maximum atomic E-state index is 10.8. The minimum atomic E-state index is -0.485. The molecule has 0 rings (SSSR count). The lowest BCUT2D eigenvalue weighted by Gasteiger charge is -2.00. The van der Waals surface area contributed by atoms with Crippen molar-refractivity contribution < 1.29 is 14.3 Å². The zero-order chi connectivity index (χ0) is 8.85. The molecule has 0 saturated carbocycles. The van der Waals surface area contributed by atoms with Crippen molar-refractivity contribution in [1.29, 1.82) is 0 Å². The molecule has 0 aliphatic heterocycles. The van der Waals surface area contributed by atoms with Crippen LogP contribution in [0.1, 0.15) is 13.3 Å². The van der Waals surface area contributed by atoms with E-state index < -0.39 is 9.71 Å². The lowest BCUT2D eigenvalue weighted by Crippen LogP contribution is -2.15. The molecule has 0 saturated heterocycles. The van der Waals surface area contributed by atoms with Crippen LogP contribution in [0.4, 0.5) is 0 Å². The van der Waals surface area contributed by atoms with Crippen molar-refractivity contribution in [3.63, 3.8) is 0 Å². The third kappa shape index (κ3) is 5.38. The van der Waals surface area contributed by atoms with Crippen molar-refractivity contribution in [2.75, 3.05) is 6.61 Å². The van der Waals surface area contributed by atoms with Gasteiger partial charge in [0.15, 0.2) is 5.78 Å². The van der Waals surface area contributed by atoms with Crippen LogP contribution in [0.5, 0.6) is 0 Å². The smallest absolute Gasteiger partial charge is 0.313 e. The monoisotopic (exact) mass is 286 g/mol. The van der Waals surface area contributed by atoms with E-state index in [4.69, 9.17) is 0 Å². The summed E-state index contributed by atoms with van der Waals surface area (Å²) in [5.41, 5.74) is 0. The Morgan fingerprint density at radius 2 is 2.00 bits per heavy atom. The minimum absolute atomic E-state index is 0.186. The molecular formula is C6H8Br2O3. The largest absolute Gasteiger partial charge is 0.466 e.